The van der Waals surface area contributed by atoms with E-state index >= 15 is 0 Å². The maximum absolute atomic E-state index is 15.0. The quantitative estimate of drug-likeness (QED) is 0.450. The first-order chi connectivity index (χ1) is 17.5. The molecule has 3 aromatic rings. The zero-order valence-electron chi connectivity index (χ0n) is 19.9. The summed E-state index contributed by atoms with van der Waals surface area (Å²) in [5.74, 6) is -1.26. The fourth-order valence-corrected chi connectivity index (χ4v) is 4.12. The van der Waals surface area contributed by atoms with Gasteiger partial charge in [0.05, 0.1) is 6.04 Å². The molecule has 1 N–H and O–H groups in total. The predicted octanol–water partition coefficient (Wildman–Crippen LogP) is 4.43. The van der Waals surface area contributed by atoms with Gasteiger partial charge < -0.3 is 19.3 Å². The van der Waals surface area contributed by atoms with Crippen molar-refractivity contribution in [1.82, 2.24) is 4.90 Å². The number of ether oxygens (including phenoxy) is 3. The van der Waals surface area contributed by atoms with Crippen LogP contribution in [0.4, 0.5) is 9.18 Å². The Bertz CT molecular complexity index is 1170. The van der Waals surface area contributed by atoms with E-state index in [0.29, 0.717) is 6.42 Å². The number of hydrogen-bond acceptors (Lipinski definition) is 6. The monoisotopic (exact) mass is 493 g/mol. The number of nitrogens with zero attached hydrogens (tertiary/aromatic N) is 1. The van der Waals surface area contributed by atoms with Crippen molar-refractivity contribution < 1.29 is 33.3 Å². The Balaban J connectivity index is 1.49. The van der Waals surface area contributed by atoms with Crippen molar-refractivity contribution in [2.75, 3.05) is 13.2 Å². The van der Waals surface area contributed by atoms with Crippen LogP contribution in [0.25, 0.3) is 0 Å². The van der Waals surface area contributed by atoms with Gasteiger partial charge in [0.1, 0.15) is 30.9 Å². The minimum absolute atomic E-state index is 0.0240. The fourth-order valence-electron chi connectivity index (χ4n) is 4.12. The fraction of sp³-hybridized carbons (Fsp3) is 0.286. The highest BCUT2D eigenvalue weighted by molar-refractivity contribution is 5.96. The second-order valence-corrected chi connectivity index (χ2v) is 8.41. The Morgan fingerprint density at radius 2 is 1.75 bits per heavy atom. The van der Waals surface area contributed by atoms with Crippen molar-refractivity contribution in [2.24, 2.45) is 0 Å². The van der Waals surface area contributed by atoms with E-state index < -0.39 is 36.1 Å². The molecule has 3 atom stereocenters. The molecule has 1 aliphatic rings. The minimum atomic E-state index is -1.65. The molecule has 1 saturated heterocycles. The highest BCUT2D eigenvalue weighted by Crippen LogP contribution is 2.29. The number of benzene rings is 3. The standard InChI is InChI=1S/C28H28FNO6/c1-2-34-26(27(32)30-21(18-36-28(30)33)15-19-9-5-3-6-10-19)25(31)23-14-13-22(16-24(23)29)35-17-20-11-7-4-8-12-20/h3-14,16,21,25-26,31H,2,15,17-18H2,1H3/t21?,25-,26+/m1/s1. The molecule has 3 aromatic carbocycles. The average molecular weight is 494 g/mol. The number of aliphatic hydroxyl groups excluding tert-OH is 1. The van der Waals surface area contributed by atoms with E-state index in [0.717, 1.165) is 22.1 Å². The number of imide groups is 1. The predicted molar refractivity (Wildman–Crippen MR) is 130 cm³/mol. The van der Waals surface area contributed by atoms with Gasteiger partial charge in [-0.25, -0.2) is 14.1 Å². The molecule has 1 heterocycles. The molecule has 188 valence electrons. The number of cyclic esters (lactones) is 1. The first kappa shape index (κ1) is 25.3. The largest absolute Gasteiger partial charge is 0.489 e. The molecule has 36 heavy (non-hydrogen) atoms. The lowest BCUT2D eigenvalue weighted by Gasteiger charge is -2.28. The molecular weight excluding hydrogens is 465 g/mol. The first-order valence-electron chi connectivity index (χ1n) is 11.8. The topological polar surface area (TPSA) is 85.3 Å². The van der Waals surface area contributed by atoms with Gasteiger partial charge in [0.25, 0.3) is 5.91 Å². The number of hydrogen-bond donors (Lipinski definition) is 1. The van der Waals surface area contributed by atoms with Crippen molar-refractivity contribution in [2.45, 2.75) is 38.2 Å². The van der Waals surface area contributed by atoms with Crippen LogP contribution in [0, 0.1) is 5.82 Å². The Morgan fingerprint density at radius 3 is 2.39 bits per heavy atom. The van der Waals surface area contributed by atoms with Crippen LogP contribution in [-0.4, -0.2) is 47.4 Å². The Morgan fingerprint density at radius 1 is 1.08 bits per heavy atom. The number of amides is 2. The molecule has 0 spiro atoms. The van der Waals surface area contributed by atoms with Crippen LogP contribution in [0.5, 0.6) is 5.75 Å². The Labute approximate surface area is 209 Å². The highest BCUT2D eigenvalue weighted by atomic mass is 19.1. The maximum atomic E-state index is 15.0. The van der Waals surface area contributed by atoms with Crippen molar-refractivity contribution in [1.29, 1.82) is 0 Å². The van der Waals surface area contributed by atoms with E-state index in [-0.39, 0.29) is 31.1 Å². The van der Waals surface area contributed by atoms with Crippen LogP contribution in [0.15, 0.2) is 78.9 Å². The summed E-state index contributed by atoms with van der Waals surface area (Å²) in [4.78, 5) is 26.8. The van der Waals surface area contributed by atoms with Crippen molar-refractivity contribution in [3.63, 3.8) is 0 Å². The number of halogens is 1. The number of carbonyl (C=O) groups excluding carboxylic acids is 2. The highest BCUT2D eigenvalue weighted by Gasteiger charge is 2.44. The zero-order valence-corrected chi connectivity index (χ0v) is 19.9. The van der Waals surface area contributed by atoms with Gasteiger partial charge in [0.2, 0.25) is 0 Å². The van der Waals surface area contributed by atoms with Crippen LogP contribution < -0.4 is 4.74 Å². The molecule has 0 aliphatic carbocycles. The smallest absolute Gasteiger partial charge is 0.417 e. The van der Waals surface area contributed by atoms with Crippen molar-refractivity contribution >= 4 is 12.0 Å². The lowest BCUT2D eigenvalue weighted by Crippen LogP contribution is -2.48. The molecule has 8 heteroatoms. The number of rotatable bonds is 10. The summed E-state index contributed by atoms with van der Waals surface area (Å²) in [6, 6.07) is 22.2. The molecule has 1 aliphatic heterocycles. The second kappa shape index (κ2) is 11.8. The molecule has 7 nitrogen and oxygen atoms in total. The Hall–Kier alpha value is -3.75. The van der Waals surface area contributed by atoms with Crippen LogP contribution in [0.1, 0.15) is 29.7 Å². The second-order valence-electron chi connectivity index (χ2n) is 8.41. The third kappa shape index (κ3) is 5.90. The van der Waals surface area contributed by atoms with E-state index in [9.17, 15) is 19.1 Å². The number of carbonyl (C=O) groups is 2. The van der Waals surface area contributed by atoms with Crippen molar-refractivity contribution in [3.8, 4) is 5.75 Å². The van der Waals surface area contributed by atoms with Gasteiger partial charge >= 0.3 is 6.09 Å². The third-order valence-electron chi connectivity index (χ3n) is 5.93. The normalized spacial score (nSPS) is 16.9. The van der Waals surface area contributed by atoms with Crippen LogP contribution >= 0.6 is 0 Å². The molecule has 2 amide bonds. The molecule has 1 fully saturated rings. The third-order valence-corrected chi connectivity index (χ3v) is 5.93. The summed E-state index contributed by atoms with van der Waals surface area (Å²) >= 11 is 0. The van der Waals surface area contributed by atoms with Crippen molar-refractivity contribution in [3.05, 3.63) is 101 Å². The summed E-state index contributed by atoms with van der Waals surface area (Å²) in [7, 11) is 0. The van der Waals surface area contributed by atoms with Gasteiger partial charge in [0.15, 0.2) is 6.10 Å². The van der Waals surface area contributed by atoms with Gasteiger partial charge in [-0.3, -0.25) is 4.79 Å². The van der Waals surface area contributed by atoms with E-state index in [1.54, 1.807) is 6.92 Å². The van der Waals surface area contributed by atoms with Gasteiger partial charge in [-0.15, -0.1) is 0 Å². The minimum Gasteiger partial charge on any atom is -0.489 e. The molecular formula is C28H28FNO6. The molecule has 4 rings (SSSR count). The van der Waals surface area contributed by atoms with Gasteiger partial charge in [0, 0.05) is 18.2 Å². The van der Waals surface area contributed by atoms with E-state index in [1.807, 2.05) is 60.7 Å². The van der Waals surface area contributed by atoms with E-state index in [4.69, 9.17) is 14.2 Å². The summed E-state index contributed by atoms with van der Waals surface area (Å²) in [5.41, 5.74) is 1.71. The molecule has 1 unspecified atom stereocenters. The lowest BCUT2D eigenvalue weighted by atomic mass is 10.0. The summed E-state index contributed by atoms with van der Waals surface area (Å²) in [6.07, 6.45) is -3.58. The van der Waals surface area contributed by atoms with Gasteiger partial charge in [-0.05, 0) is 36.6 Å². The SMILES string of the molecule is CCO[C@H](C(=O)N1C(=O)OCC1Cc1ccccc1)[C@H](O)c1ccc(OCc2ccccc2)cc1F. The summed E-state index contributed by atoms with van der Waals surface area (Å²) in [6.45, 7) is 1.99. The van der Waals surface area contributed by atoms with Crippen LogP contribution in [0.3, 0.4) is 0 Å². The summed E-state index contributed by atoms with van der Waals surface area (Å²) < 4.78 is 31.3. The molecule has 0 bridgehead atoms. The van der Waals surface area contributed by atoms with Crippen LogP contribution in [0.2, 0.25) is 0 Å². The molecule has 0 radical (unpaired) electrons. The first-order valence-corrected chi connectivity index (χ1v) is 11.8. The molecule has 0 saturated carbocycles. The summed E-state index contributed by atoms with van der Waals surface area (Å²) in [5, 5.41) is 11.0. The van der Waals surface area contributed by atoms with Crippen LogP contribution in [-0.2, 0) is 27.3 Å². The van der Waals surface area contributed by atoms with E-state index in [1.165, 1.54) is 12.1 Å². The Kier molecular flexibility index (Phi) is 8.30. The zero-order chi connectivity index (χ0) is 25.5. The molecule has 0 aromatic heterocycles. The maximum Gasteiger partial charge on any atom is 0.417 e. The van der Waals surface area contributed by atoms with E-state index in [2.05, 4.69) is 0 Å². The average Bonchev–Trinajstić information content (AvgIpc) is 3.26. The number of aliphatic hydroxyl groups is 1. The lowest BCUT2D eigenvalue weighted by molar-refractivity contribution is -0.149. The van der Waals surface area contributed by atoms with Gasteiger partial charge in [-0.1, -0.05) is 60.7 Å². The van der Waals surface area contributed by atoms with Gasteiger partial charge in [-0.2, -0.15) is 0 Å².